The summed E-state index contributed by atoms with van der Waals surface area (Å²) in [6.07, 6.45) is 5.11. The molecule has 0 bridgehead atoms. The lowest BCUT2D eigenvalue weighted by atomic mass is 10.0. The van der Waals surface area contributed by atoms with Crippen LogP contribution in [0.3, 0.4) is 0 Å². The minimum absolute atomic E-state index is 0.0127. The van der Waals surface area contributed by atoms with Gasteiger partial charge in [-0.1, -0.05) is 30.3 Å². The lowest BCUT2D eigenvalue weighted by Crippen LogP contribution is -2.35. The molecule has 0 saturated carbocycles. The van der Waals surface area contributed by atoms with E-state index in [1.54, 1.807) is 6.20 Å². The molecule has 0 radical (unpaired) electrons. The van der Waals surface area contributed by atoms with Gasteiger partial charge in [0.1, 0.15) is 6.10 Å². The summed E-state index contributed by atoms with van der Waals surface area (Å²) in [6.45, 7) is 2.68. The highest BCUT2D eigenvalue weighted by Gasteiger charge is 2.24. The fraction of sp³-hybridized carbons (Fsp3) is 0.333. The van der Waals surface area contributed by atoms with E-state index < -0.39 is 0 Å². The monoisotopic (exact) mass is 296 g/mol. The first-order valence-corrected chi connectivity index (χ1v) is 7.66. The molecule has 2 heterocycles. The molecule has 1 saturated heterocycles. The van der Waals surface area contributed by atoms with Crippen molar-refractivity contribution < 1.29 is 9.53 Å². The van der Waals surface area contributed by atoms with Crippen molar-refractivity contribution >= 4 is 5.91 Å². The van der Waals surface area contributed by atoms with Gasteiger partial charge >= 0.3 is 0 Å². The van der Waals surface area contributed by atoms with E-state index in [4.69, 9.17) is 4.74 Å². The fourth-order valence-corrected chi connectivity index (χ4v) is 2.67. The quantitative estimate of drug-likeness (QED) is 0.943. The number of hydrogen-bond donors (Lipinski definition) is 1. The number of carbonyl (C=O) groups is 1. The first kappa shape index (κ1) is 14.7. The number of hydrogen-bond acceptors (Lipinski definition) is 3. The van der Waals surface area contributed by atoms with E-state index in [0.717, 1.165) is 29.5 Å². The molecule has 4 nitrogen and oxygen atoms in total. The van der Waals surface area contributed by atoms with Gasteiger partial charge in [-0.25, -0.2) is 0 Å². The SMILES string of the molecule is C[C@H](NC(=O)[C@@H]1CCCO1)c1ccc(-c2cccnc2)cc1. The molecule has 1 aromatic carbocycles. The Hall–Kier alpha value is -2.20. The minimum atomic E-state index is -0.280. The van der Waals surface area contributed by atoms with Crippen molar-refractivity contribution in [1.29, 1.82) is 0 Å². The van der Waals surface area contributed by atoms with E-state index in [-0.39, 0.29) is 18.1 Å². The Balaban J connectivity index is 1.66. The van der Waals surface area contributed by atoms with Crippen LogP contribution in [0.15, 0.2) is 48.8 Å². The van der Waals surface area contributed by atoms with Gasteiger partial charge in [0.2, 0.25) is 5.91 Å². The van der Waals surface area contributed by atoms with E-state index in [1.807, 2.05) is 37.4 Å². The standard InChI is InChI=1S/C18H20N2O2/c1-13(20-18(21)17-5-3-11-22-17)14-6-8-15(9-7-14)16-4-2-10-19-12-16/h2,4,6-10,12-13,17H,3,5,11H2,1H3,(H,20,21)/t13-,17-/m0/s1. The third-order valence-electron chi connectivity index (χ3n) is 3.99. The average Bonchev–Trinajstić information content (AvgIpc) is 3.10. The second kappa shape index (κ2) is 6.71. The molecular weight excluding hydrogens is 276 g/mol. The Labute approximate surface area is 130 Å². The molecule has 1 amide bonds. The van der Waals surface area contributed by atoms with Crippen LogP contribution in [0.25, 0.3) is 11.1 Å². The summed E-state index contributed by atoms with van der Waals surface area (Å²) in [6, 6.07) is 12.1. The number of nitrogens with one attached hydrogen (secondary N) is 1. The Bertz CT molecular complexity index is 619. The molecule has 0 aliphatic carbocycles. The smallest absolute Gasteiger partial charge is 0.249 e. The van der Waals surface area contributed by atoms with Crippen LogP contribution < -0.4 is 5.32 Å². The summed E-state index contributed by atoms with van der Waals surface area (Å²) in [5, 5.41) is 3.02. The molecule has 114 valence electrons. The number of benzene rings is 1. The zero-order valence-electron chi connectivity index (χ0n) is 12.7. The lowest BCUT2D eigenvalue weighted by molar-refractivity contribution is -0.130. The van der Waals surface area contributed by atoms with Crippen molar-refractivity contribution in [3.8, 4) is 11.1 Å². The van der Waals surface area contributed by atoms with Gasteiger partial charge in [0, 0.05) is 19.0 Å². The predicted molar refractivity (Wildman–Crippen MR) is 85.2 cm³/mol. The summed E-state index contributed by atoms with van der Waals surface area (Å²) in [5.74, 6) is -0.0127. The van der Waals surface area contributed by atoms with E-state index in [9.17, 15) is 4.79 Å². The van der Waals surface area contributed by atoms with Gasteiger partial charge in [-0.2, -0.15) is 0 Å². The van der Waals surface area contributed by atoms with Gasteiger partial charge in [0.25, 0.3) is 0 Å². The van der Waals surface area contributed by atoms with Crippen molar-refractivity contribution in [1.82, 2.24) is 10.3 Å². The van der Waals surface area contributed by atoms with Gasteiger partial charge in [0.05, 0.1) is 6.04 Å². The highest BCUT2D eigenvalue weighted by atomic mass is 16.5. The van der Waals surface area contributed by atoms with Gasteiger partial charge < -0.3 is 10.1 Å². The molecule has 4 heteroatoms. The Morgan fingerprint density at radius 1 is 1.27 bits per heavy atom. The molecule has 1 aliphatic heterocycles. The van der Waals surface area contributed by atoms with Crippen LogP contribution in [0, 0.1) is 0 Å². The van der Waals surface area contributed by atoms with Crippen LogP contribution in [0.4, 0.5) is 0 Å². The minimum Gasteiger partial charge on any atom is -0.368 e. The van der Waals surface area contributed by atoms with Crippen molar-refractivity contribution in [2.24, 2.45) is 0 Å². The van der Waals surface area contributed by atoms with E-state index in [2.05, 4.69) is 22.4 Å². The summed E-state index contributed by atoms with van der Waals surface area (Å²) < 4.78 is 5.41. The first-order chi connectivity index (χ1) is 10.7. The fourth-order valence-electron chi connectivity index (χ4n) is 2.67. The maximum atomic E-state index is 12.1. The molecule has 3 rings (SSSR count). The summed E-state index contributed by atoms with van der Waals surface area (Å²) in [5.41, 5.74) is 3.29. The third kappa shape index (κ3) is 3.34. The second-order valence-corrected chi connectivity index (χ2v) is 5.60. The van der Waals surface area contributed by atoms with E-state index in [1.165, 1.54) is 0 Å². The van der Waals surface area contributed by atoms with Gasteiger partial charge in [-0.3, -0.25) is 9.78 Å². The first-order valence-electron chi connectivity index (χ1n) is 7.66. The van der Waals surface area contributed by atoms with Crippen LogP contribution in [0.2, 0.25) is 0 Å². The molecule has 0 spiro atoms. The molecule has 0 unspecified atom stereocenters. The van der Waals surface area contributed by atoms with Crippen molar-refractivity contribution in [2.75, 3.05) is 6.61 Å². The van der Waals surface area contributed by atoms with Gasteiger partial charge in [0.15, 0.2) is 0 Å². The zero-order chi connectivity index (χ0) is 15.4. The maximum absolute atomic E-state index is 12.1. The topological polar surface area (TPSA) is 51.2 Å². The maximum Gasteiger partial charge on any atom is 0.249 e. The van der Waals surface area contributed by atoms with Crippen LogP contribution in [0.5, 0.6) is 0 Å². The molecule has 22 heavy (non-hydrogen) atoms. The van der Waals surface area contributed by atoms with Crippen LogP contribution in [-0.2, 0) is 9.53 Å². The zero-order valence-corrected chi connectivity index (χ0v) is 12.7. The van der Waals surface area contributed by atoms with Crippen molar-refractivity contribution in [3.63, 3.8) is 0 Å². The molecule has 1 aromatic heterocycles. The molecule has 1 fully saturated rings. The highest BCUT2D eigenvalue weighted by molar-refractivity contribution is 5.81. The number of ether oxygens (including phenoxy) is 1. The van der Waals surface area contributed by atoms with Crippen LogP contribution >= 0.6 is 0 Å². The molecule has 1 aliphatic rings. The predicted octanol–water partition coefficient (Wildman–Crippen LogP) is 3.10. The molecule has 2 atom stereocenters. The number of carbonyl (C=O) groups excluding carboxylic acids is 1. The highest BCUT2D eigenvalue weighted by Crippen LogP contribution is 2.21. The van der Waals surface area contributed by atoms with E-state index in [0.29, 0.717) is 6.61 Å². The average molecular weight is 296 g/mol. The third-order valence-corrected chi connectivity index (χ3v) is 3.99. The van der Waals surface area contributed by atoms with Crippen molar-refractivity contribution in [3.05, 3.63) is 54.4 Å². The molecule has 1 N–H and O–H groups in total. The van der Waals surface area contributed by atoms with Crippen molar-refractivity contribution in [2.45, 2.75) is 31.9 Å². The number of pyridine rings is 1. The normalized spacial score (nSPS) is 18.9. The molecular formula is C18H20N2O2. The van der Waals surface area contributed by atoms with Crippen LogP contribution in [0.1, 0.15) is 31.4 Å². The lowest BCUT2D eigenvalue weighted by Gasteiger charge is -2.17. The second-order valence-electron chi connectivity index (χ2n) is 5.60. The number of rotatable bonds is 4. The summed E-state index contributed by atoms with van der Waals surface area (Å²) in [7, 11) is 0. The Kier molecular flexibility index (Phi) is 4.49. The number of nitrogens with zero attached hydrogens (tertiary/aromatic N) is 1. The Morgan fingerprint density at radius 3 is 2.73 bits per heavy atom. The van der Waals surface area contributed by atoms with Gasteiger partial charge in [-0.05, 0) is 42.5 Å². The Morgan fingerprint density at radius 2 is 2.09 bits per heavy atom. The van der Waals surface area contributed by atoms with Crippen LogP contribution in [-0.4, -0.2) is 23.6 Å². The summed E-state index contributed by atoms with van der Waals surface area (Å²) in [4.78, 5) is 16.2. The number of amides is 1. The van der Waals surface area contributed by atoms with Gasteiger partial charge in [-0.15, -0.1) is 0 Å². The van der Waals surface area contributed by atoms with E-state index >= 15 is 0 Å². The largest absolute Gasteiger partial charge is 0.368 e. The number of aromatic nitrogens is 1. The summed E-state index contributed by atoms with van der Waals surface area (Å²) >= 11 is 0. The molecule has 2 aromatic rings.